The molecule has 0 unspecified atom stereocenters. The second kappa shape index (κ2) is 14.6. The Morgan fingerprint density at radius 2 is 1.23 bits per heavy atom. The predicted molar refractivity (Wildman–Crippen MR) is 158 cm³/mol. The molecule has 226 valence electrons. The van der Waals surface area contributed by atoms with E-state index in [1.54, 1.807) is 13.0 Å². The molecule has 1 aliphatic rings. The maximum absolute atomic E-state index is 12.3. The van der Waals surface area contributed by atoms with Crippen LogP contribution < -0.4 is 5.32 Å². The summed E-state index contributed by atoms with van der Waals surface area (Å²) in [6, 6.07) is 28.3. The molecule has 3 aromatic rings. The Morgan fingerprint density at radius 3 is 1.65 bits per heavy atom. The van der Waals surface area contributed by atoms with Crippen LogP contribution in [0, 0.1) is 0 Å². The van der Waals surface area contributed by atoms with Crippen molar-refractivity contribution >= 4 is 17.8 Å². The summed E-state index contributed by atoms with van der Waals surface area (Å²) in [6.45, 7) is 5.46. The lowest BCUT2D eigenvalue weighted by Crippen LogP contribution is -2.66. The smallest absolute Gasteiger partial charge is 0.303 e. The summed E-state index contributed by atoms with van der Waals surface area (Å²) >= 11 is 0. The molecule has 1 N–H and O–H groups in total. The molecule has 0 saturated carbocycles. The number of ether oxygens (including phenoxy) is 5. The monoisotopic (exact) mass is 587 g/mol. The first-order valence-electron chi connectivity index (χ1n) is 14.1. The third-order valence-corrected chi connectivity index (χ3v) is 6.97. The lowest BCUT2D eigenvalue weighted by atomic mass is 9.80. The molecule has 9 nitrogen and oxygen atoms in total. The van der Waals surface area contributed by atoms with Gasteiger partial charge in [0, 0.05) is 20.8 Å². The normalized spacial score (nSPS) is 22.0. The third-order valence-electron chi connectivity index (χ3n) is 6.97. The number of carbonyl (C=O) groups excluding carboxylic acids is 3. The number of esters is 2. The molecule has 1 saturated heterocycles. The van der Waals surface area contributed by atoms with Crippen molar-refractivity contribution < 1.29 is 38.1 Å². The molecule has 5 atom stereocenters. The highest BCUT2D eigenvalue weighted by Gasteiger charge is 2.52. The van der Waals surface area contributed by atoms with E-state index in [4.69, 9.17) is 23.7 Å². The van der Waals surface area contributed by atoms with Gasteiger partial charge < -0.3 is 29.0 Å². The lowest BCUT2D eigenvalue weighted by Gasteiger charge is -2.45. The van der Waals surface area contributed by atoms with E-state index in [1.165, 1.54) is 27.0 Å². The molecule has 1 fully saturated rings. The molecule has 4 rings (SSSR count). The molecule has 1 heterocycles. The molecule has 1 amide bonds. The van der Waals surface area contributed by atoms with Crippen LogP contribution in [0.15, 0.2) is 103 Å². The topological polar surface area (TPSA) is 109 Å². The summed E-state index contributed by atoms with van der Waals surface area (Å²) in [5, 5.41) is 2.74. The first-order valence-corrected chi connectivity index (χ1v) is 14.1. The molecule has 0 spiro atoms. The third kappa shape index (κ3) is 7.49. The minimum absolute atomic E-state index is 0.114. The Morgan fingerprint density at radius 1 is 0.767 bits per heavy atom. The van der Waals surface area contributed by atoms with Gasteiger partial charge in [0.25, 0.3) is 0 Å². The Kier molecular flexibility index (Phi) is 10.7. The molecule has 0 bridgehead atoms. The minimum Gasteiger partial charge on any atom is -0.470 e. The standard InChI is InChI=1S/C34H37NO8/c1-5-21-39-33-30(35-23(2)36)32(42-25(4)38)31(41-24(3)37)29(43-33)22-40-34(26-15-9-6-10-16-26,27-17-11-7-12-18-27)28-19-13-8-14-20-28/h5-21,29-33H,22H2,1-4H3,(H,35,36)/b21-5-/t29-,30-,31-,32-,33-/m1/s1. The largest absolute Gasteiger partial charge is 0.470 e. The van der Waals surface area contributed by atoms with Crippen LogP contribution in [-0.4, -0.2) is 55.1 Å². The number of amides is 1. The van der Waals surface area contributed by atoms with Crippen LogP contribution in [0.4, 0.5) is 0 Å². The van der Waals surface area contributed by atoms with E-state index in [2.05, 4.69) is 5.32 Å². The van der Waals surface area contributed by atoms with Crippen LogP contribution in [0.2, 0.25) is 0 Å². The van der Waals surface area contributed by atoms with Gasteiger partial charge in [-0.3, -0.25) is 14.4 Å². The van der Waals surface area contributed by atoms with Crippen LogP contribution in [0.5, 0.6) is 0 Å². The van der Waals surface area contributed by atoms with E-state index in [0.717, 1.165) is 16.7 Å². The van der Waals surface area contributed by atoms with Crippen molar-refractivity contribution in [3.63, 3.8) is 0 Å². The van der Waals surface area contributed by atoms with Crippen molar-refractivity contribution in [1.29, 1.82) is 0 Å². The fraction of sp³-hybridized carbons (Fsp3) is 0.324. The number of allylic oxidation sites excluding steroid dienone is 1. The van der Waals surface area contributed by atoms with Gasteiger partial charge in [-0.15, -0.1) is 0 Å². The number of nitrogens with one attached hydrogen (secondary N) is 1. The van der Waals surface area contributed by atoms with Gasteiger partial charge in [-0.25, -0.2) is 0 Å². The van der Waals surface area contributed by atoms with Crippen molar-refractivity contribution in [2.45, 2.75) is 63.9 Å². The van der Waals surface area contributed by atoms with Gasteiger partial charge in [-0.05, 0) is 23.6 Å². The molecule has 43 heavy (non-hydrogen) atoms. The van der Waals surface area contributed by atoms with Crippen molar-refractivity contribution in [1.82, 2.24) is 5.32 Å². The zero-order valence-electron chi connectivity index (χ0n) is 24.7. The lowest BCUT2D eigenvalue weighted by molar-refractivity contribution is -0.270. The fourth-order valence-electron chi connectivity index (χ4n) is 5.34. The highest BCUT2D eigenvalue weighted by Crippen LogP contribution is 2.41. The quantitative estimate of drug-likeness (QED) is 0.196. The summed E-state index contributed by atoms with van der Waals surface area (Å²) in [5.41, 5.74) is 1.49. The number of hydrogen-bond acceptors (Lipinski definition) is 8. The van der Waals surface area contributed by atoms with Gasteiger partial charge in [0.1, 0.15) is 17.7 Å². The first-order chi connectivity index (χ1) is 20.8. The van der Waals surface area contributed by atoms with Crippen molar-refractivity contribution in [3.05, 3.63) is 120 Å². The van der Waals surface area contributed by atoms with Gasteiger partial charge in [-0.2, -0.15) is 0 Å². The highest BCUT2D eigenvalue weighted by molar-refractivity contribution is 5.73. The zero-order valence-corrected chi connectivity index (χ0v) is 24.7. The second-order valence-corrected chi connectivity index (χ2v) is 10.1. The van der Waals surface area contributed by atoms with E-state index in [0.29, 0.717) is 0 Å². The van der Waals surface area contributed by atoms with Crippen LogP contribution in [0.3, 0.4) is 0 Å². The molecule has 1 aliphatic heterocycles. The summed E-state index contributed by atoms with van der Waals surface area (Å²) in [4.78, 5) is 36.8. The Hall–Kier alpha value is -4.47. The van der Waals surface area contributed by atoms with Crippen LogP contribution in [0.1, 0.15) is 44.4 Å². The van der Waals surface area contributed by atoms with E-state index in [9.17, 15) is 14.4 Å². The number of hydrogen-bond donors (Lipinski definition) is 1. The number of rotatable bonds is 11. The van der Waals surface area contributed by atoms with Crippen molar-refractivity contribution in [3.8, 4) is 0 Å². The van der Waals surface area contributed by atoms with Crippen LogP contribution in [-0.2, 0) is 43.7 Å². The Balaban J connectivity index is 1.82. The average Bonchev–Trinajstić information content (AvgIpc) is 3.00. The first kappa shape index (κ1) is 31.5. The van der Waals surface area contributed by atoms with Crippen LogP contribution >= 0.6 is 0 Å². The summed E-state index contributed by atoms with van der Waals surface area (Å²) in [6.07, 6.45) is -1.26. The van der Waals surface area contributed by atoms with Gasteiger partial charge in [0.15, 0.2) is 12.2 Å². The van der Waals surface area contributed by atoms with E-state index in [1.807, 2.05) is 91.0 Å². The van der Waals surface area contributed by atoms with Gasteiger partial charge in [0.05, 0.1) is 12.9 Å². The Labute approximate surface area is 251 Å². The molecular weight excluding hydrogens is 550 g/mol. The van der Waals surface area contributed by atoms with E-state index >= 15 is 0 Å². The van der Waals surface area contributed by atoms with Gasteiger partial charge in [-0.1, -0.05) is 97.1 Å². The van der Waals surface area contributed by atoms with E-state index < -0.39 is 54.1 Å². The van der Waals surface area contributed by atoms with Crippen molar-refractivity contribution in [2.75, 3.05) is 6.61 Å². The zero-order chi connectivity index (χ0) is 30.8. The van der Waals surface area contributed by atoms with Gasteiger partial charge in [0.2, 0.25) is 12.2 Å². The molecule has 0 aromatic heterocycles. The molecular formula is C34H37NO8. The predicted octanol–water partition coefficient (Wildman–Crippen LogP) is 4.64. The summed E-state index contributed by atoms with van der Waals surface area (Å²) in [7, 11) is 0. The number of carbonyl (C=O) groups is 3. The molecule has 9 heteroatoms. The maximum Gasteiger partial charge on any atom is 0.303 e. The molecule has 0 radical (unpaired) electrons. The second-order valence-electron chi connectivity index (χ2n) is 10.1. The summed E-state index contributed by atoms with van der Waals surface area (Å²) < 4.78 is 30.5. The maximum atomic E-state index is 12.3. The number of benzene rings is 3. The molecule has 3 aromatic carbocycles. The van der Waals surface area contributed by atoms with Gasteiger partial charge >= 0.3 is 11.9 Å². The van der Waals surface area contributed by atoms with Crippen molar-refractivity contribution in [2.24, 2.45) is 0 Å². The van der Waals surface area contributed by atoms with E-state index in [-0.39, 0.29) is 6.61 Å². The summed E-state index contributed by atoms with van der Waals surface area (Å²) in [5.74, 6) is -1.66. The fourth-order valence-corrected chi connectivity index (χ4v) is 5.34. The Bertz CT molecular complexity index is 1280. The molecule has 0 aliphatic carbocycles. The van der Waals surface area contributed by atoms with Crippen LogP contribution in [0.25, 0.3) is 0 Å². The SMILES string of the molecule is C/C=C\O[C@@H]1O[C@H](COC(c2ccccc2)(c2ccccc2)c2ccccc2)[C@@H](OC(C)=O)[C@H](OC(C)=O)[C@H]1NC(C)=O. The minimum atomic E-state index is -1.14. The highest BCUT2D eigenvalue weighted by atomic mass is 16.7. The average molecular weight is 588 g/mol.